The molecule has 0 bridgehead atoms. The Bertz CT molecular complexity index is 532. The zero-order valence-electron chi connectivity index (χ0n) is 12.4. The van der Waals surface area contributed by atoms with E-state index in [1.165, 1.54) is 22.3 Å². The molecule has 0 amide bonds. The molecule has 0 aliphatic rings. The van der Waals surface area contributed by atoms with E-state index in [0.29, 0.717) is 0 Å². The van der Waals surface area contributed by atoms with Crippen LogP contribution in [0.25, 0.3) is 0 Å². The van der Waals surface area contributed by atoms with E-state index >= 15 is 0 Å². The third-order valence-electron chi connectivity index (χ3n) is 3.60. The summed E-state index contributed by atoms with van der Waals surface area (Å²) in [6.45, 7) is 8.93. The maximum atomic E-state index is 4.20. The molecule has 1 nitrogen and oxygen atoms in total. The van der Waals surface area contributed by atoms with Gasteiger partial charge in [-0.1, -0.05) is 52.0 Å². The Morgan fingerprint density at radius 3 is 2.21 bits per heavy atom. The summed E-state index contributed by atoms with van der Waals surface area (Å²) in [6.07, 6.45) is 5.91. The van der Waals surface area contributed by atoms with Crippen LogP contribution >= 0.6 is 0 Å². The molecule has 0 atom stereocenters. The normalized spacial score (nSPS) is 11.6. The highest BCUT2D eigenvalue weighted by molar-refractivity contribution is 5.33. The minimum atomic E-state index is 0.226. The van der Waals surface area contributed by atoms with E-state index < -0.39 is 0 Å². The van der Waals surface area contributed by atoms with Crippen LogP contribution in [0.5, 0.6) is 0 Å². The van der Waals surface area contributed by atoms with Gasteiger partial charge in [0.2, 0.25) is 0 Å². The third kappa shape index (κ3) is 3.44. The van der Waals surface area contributed by atoms with E-state index in [1.54, 1.807) is 0 Å². The van der Waals surface area contributed by atoms with Gasteiger partial charge in [0.05, 0.1) is 0 Å². The molecule has 2 rings (SSSR count). The monoisotopic (exact) mass is 253 g/mol. The van der Waals surface area contributed by atoms with Gasteiger partial charge in [-0.05, 0) is 46.6 Å². The average molecular weight is 253 g/mol. The summed E-state index contributed by atoms with van der Waals surface area (Å²) in [5.74, 6) is 0. The number of pyridine rings is 1. The summed E-state index contributed by atoms with van der Waals surface area (Å²) in [5, 5.41) is 0. The van der Waals surface area contributed by atoms with Crippen LogP contribution in [0.2, 0.25) is 0 Å². The van der Waals surface area contributed by atoms with Crippen LogP contribution < -0.4 is 0 Å². The standard InChI is InChI=1S/C18H23N/c1-5-15-13-19-11-10-16(15)12-14-6-8-17(9-7-14)18(2,3)4/h6-11,13H,5,12H2,1-4H3. The molecule has 1 heterocycles. The van der Waals surface area contributed by atoms with Crippen molar-refractivity contribution in [2.75, 3.05) is 0 Å². The van der Waals surface area contributed by atoms with Crippen molar-refractivity contribution in [2.24, 2.45) is 0 Å². The lowest BCUT2D eigenvalue weighted by Gasteiger charge is -2.19. The summed E-state index contributed by atoms with van der Waals surface area (Å²) < 4.78 is 0. The van der Waals surface area contributed by atoms with Crippen LogP contribution in [0, 0.1) is 0 Å². The number of nitrogens with zero attached hydrogens (tertiary/aromatic N) is 1. The topological polar surface area (TPSA) is 12.9 Å². The van der Waals surface area contributed by atoms with E-state index in [1.807, 2.05) is 12.4 Å². The molecule has 100 valence electrons. The second kappa shape index (κ2) is 5.56. The highest BCUT2D eigenvalue weighted by atomic mass is 14.6. The number of hydrogen-bond donors (Lipinski definition) is 0. The summed E-state index contributed by atoms with van der Waals surface area (Å²) >= 11 is 0. The van der Waals surface area contributed by atoms with E-state index in [9.17, 15) is 0 Å². The molecule has 0 fully saturated rings. The Morgan fingerprint density at radius 2 is 1.63 bits per heavy atom. The number of aromatic nitrogens is 1. The van der Waals surface area contributed by atoms with Gasteiger partial charge in [0.15, 0.2) is 0 Å². The average Bonchev–Trinajstić information content (AvgIpc) is 2.39. The maximum Gasteiger partial charge on any atom is 0.0302 e. The first kappa shape index (κ1) is 13.8. The Morgan fingerprint density at radius 1 is 0.947 bits per heavy atom. The lowest BCUT2D eigenvalue weighted by Crippen LogP contribution is -2.10. The molecule has 1 heteroatoms. The van der Waals surface area contributed by atoms with Gasteiger partial charge in [-0.2, -0.15) is 0 Å². The van der Waals surface area contributed by atoms with Crippen LogP contribution in [0.1, 0.15) is 49.9 Å². The molecule has 0 saturated carbocycles. The van der Waals surface area contributed by atoms with E-state index in [0.717, 1.165) is 12.8 Å². The van der Waals surface area contributed by atoms with Crippen molar-refractivity contribution < 1.29 is 0 Å². The number of benzene rings is 1. The molecule has 1 aromatic heterocycles. The highest BCUT2D eigenvalue weighted by Gasteiger charge is 2.12. The van der Waals surface area contributed by atoms with Crippen molar-refractivity contribution in [1.82, 2.24) is 4.98 Å². The molecule has 0 spiro atoms. The zero-order chi connectivity index (χ0) is 13.9. The second-order valence-electron chi connectivity index (χ2n) is 6.12. The summed E-state index contributed by atoms with van der Waals surface area (Å²) in [7, 11) is 0. The predicted octanol–water partition coefficient (Wildman–Crippen LogP) is 4.53. The Balaban J connectivity index is 2.20. The van der Waals surface area contributed by atoms with Crippen LogP contribution in [0.3, 0.4) is 0 Å². The SMILES string of the molecule is CCc1cnccc1Cc1ccc(C(C)(C)C)cc1. The Hall–Kier alpha value is -1.63. The second-order valence-corrected chi connectivity index (χ2v) is 6.12. The van der Waals surface area contributed by atoms with Gasteiger partial charge in [0.25, 0.3) is 0 Å². The first-order valence-corrected chi connectivity index (χ1v) is 7.02. The fourth-order valence-corrected chi connectivity index (χ4v) is 2.29. The van der Waals surface area contributed by atoms with Gasteiger partial charge in [0.1, 0.15) is 0 Å². The minimum Gasteiger partial charge on any atom is -0.264 e. The molecule has 19 heavy (non-hydrogen) atoms. The van der Waals surface area contributed by atoms with Gasteiger partial charge in [-0.15, -0.1) is 0 Å². The van der Waals surface area contributed by atoms with Gasteiger partial charge in [-0.3, -0.25) is 4.98 Å². The summed E-state index contributed by atoms with van der Waals surface area (Å²) in [6, 6.07) is 11.1. The van der Waals surface area contributed by atoms with Gasteiger partial charge >= 0.3 is 0 Å². The highest BCUT2D eigenvalue weighted by Crippen LogP contribution is 2.23. The van der Waals surface area contributed by atoms with E-state index in [4.69, 9.17) is 0 Å². The molecular formula is C18H23N. The summed E-state index contributed by atoms with van der Waals surface area (Å²) in [4.78, 5) is 4.20. The molecular weight excluding hydrogens is 230 g/mol. The molecule has 0 saturated heterocycles. The number of aryl methyl sites for hydroxylation is 1. The van der Waals surface area contributed by atoms with Crippen LogP contribution in [0.4, 0.5) is 0 Å². The summed E-state index contributed by atoms with van der Waals surface area (Å²) in [5.41, 5.74) is 5.73. The van der Waals surface area contributed by atoms with Crippen LogP contribution in [0.15, 0.2) is 42.7 Å². The van der Waals surface area contributed by atoms with Crippen molar-refractivity contribution in [1.29, 1.82) is 0 Å². The fourth-order valence-electron chi connectivity index (χ4n) is 2.29. The molecule has 0 aliphatic heterocycles. The van der Waals surface area contributed by atoms with Crippen molar-refractivity contribution >= 4 is 0 Å². The molecule has 0 unspecified atom stereocenters. The van der Waals surface area contributed by atoms with Crippen molar-refractivity contribution in [3.8, 4) is 0 Å². The zero-order valence-corrected chi connectivity index (χ0v) is 12.4. The maximum absolute atomic E-state index is 4.20. The van der Waals surface area contributed by atoms with E-state index in [-0.39, 0.29) is 5.41 Å². The van der Waals surface area contributed by atoms with Gasteiger partial charge < -0.3 is 0 Å². The van der Waals surface area contributed by atoms with E-state index in [2.05, 4.69) is 63.0 Å². The number of rotatable bonds is 3. The predicted molar refractivity (Wildman–Crippen MR) is 81.6 cm³/mol. The first-order chi connectivity index (χ1) is 9.00. The van der Waals surface area contributed by atoms with Gasteiger partial charge in [0, 0.05) is 12.4 Å². The quantitative estimate of drug-likeness (QED) is 0.783. The minimum absolute atomic E-state index is 0.226. The van der Waals surface area contributed by atoms with Crippen LogP contribution in [-0.4, -0.2) is 4.98 Å². The smallest absolute Gasteiger partial charge is 0.0302 e. The number of hydrogen-bond acceptors (Lipinski definition) is 1. The first-order valence-electron chi connectivity index (χ1n) is 7.02. The van der Waals surface area contributed by atoms with Crippen molar-refractivity contribution in [3.05, 3.63) is 65.0 Å². The Kier molecular flexibility index (Phi) is 4.04. The largest absolute Gasteiger partial charge is 0.264 e. The molecule has 0 N–H and O–H groups in total. The fraction of sp³-hybridized carbons (Fsp3) is 0.389. The lowest BCUT2D eigenvalue weighted by molar-refractivity contribution is 0.590. The molecule has 0 aliphatic carbocycles. The Labute approximate surface area is 116 Å². The molecule has 2 aromatic rings. The van der Waals surface area contributed by atoms with Crippen molar-refractivity contribution in [2.45, 2.75) is 46.0 Å². The van der Waals surface area contributed by atoms with Gasteiger partial charge in [-0.25, -0.2) is 0 Å². The van der Waals surface area contributed by atoms with Crippen LogP contribution in [-0.2, 0) is 18.3 Å². The molecule has 1 aromatic carbocycles. The third-order valence-corrected chi connectivity index (χ3v) is 3.60. The lowest BCUT2D eigenvalue weighted by atomic mass is 9.86. The molecule has 0 radical (unpaired) electrons. The van der Waals surface area contributed by atoms with Crippen molar-refractivity contribution in [3.63, 3.8) is 0 Å².